The van der Waals surface area contributed by atoms with Crippen LogP contribution in [-0.4, -0.2) is 85.5 Å². The van der Waals surface area contributed by atoms with Gasteiger partial charge in [-0.3, -0.25) is 9.59 Å². The second-order valence-electron chi connectivity index (χ2n) is 11.4. The molecule has 2 aliphatic rings. The molecule has 0 bridgehead atoms. The number of nitrogens with zero attached hydrogens (tertiary/aromatic N) is 1. The minimum absolute atomic E-state index is 0.0378. The van der Waals surface area contributed by atoms with Gasteiger partial charge < -0.3 is 35.5 Å². The number of amides is 4. The van der Waals surface area contributed by atoms with Gasteiger partial charge in [0.2, 0.25) is 11.8 Å². The largest absolute Gasteiger partial charge is 0.491 e. The van der Waals surface area contributed by atoms with Crippen molar-refractivity contribution >= 4 is 51.6 Å². The van der Waals surface area contributed by atoms with E-state index in [9.17, 15) is 14.4 Å². The van der Waals surface area contributed by atoms with Crippen LogP contribution >= 0.6 is 27.7 Å². The molecule has 4 N–H and O–H groups in total. The van der Waals surface area contributed by atoms with Crippen molar-refractivity contribution in [2.45, 2.75) is 68.8 Å². The Morgan fingerprint density at radius 1 is 1.06 bits per heavy atom. The molecule has 13 heteroatoms. The van der Waals surface area contributed by atoms with Crippen LogP contribution in [-0.2, 0) is 19.1 Å². The Hall–Kier alpha value is -3.13. The van der Waals surface area contributed by atoms with Crippen LogP contribution in [0, 0.1) is 0 Å². The molecule has 2 aliphatic heterocycles. The summed E-state index contributed by atoms with van der Waals surface area (Å²) in [6, 6.07) is 13.6. The number of fused-ring (bicyclic) bond motifs is 1. The summed E-state index contributed by atoms with van der Waals surface area (Å²) in [5.41, 5.74) is 1.72. The van der Waals surface area contributed by atoms with E-state index in [1.807, 2.05) is 54.2 Å². The first-order chi connectivity index (χ1) is 22.9. The SMILES string of the molecule is CCCC(NC(=O)C=Cc1cccc(Br)n1)c1ccc(OCCOCCOCCNC(=O)CCCCC2SCC3NC(=O)NC32)cc1. The lowest BCUT2D eigenvalue weighted by Crippen LogP contribution is -2.36. The van der Waals surface area contributed by atoms with E-state index in [2.05, 4.69) is 49.1 Å². The quantitative estimate of drug-likeness (QED) is 0.0624. The number of aromatic nitrogens is 1. The summed E-state index contributed by atoms with van der Waals surface area (Å²) >= 11 is 5.24. The van der Waals surface area contributed by atoms with Crippen LogP contribution in [0.15, 0.2) is 53.1 Å². The van der Waals surface area contributed by atoms with Crippen LogP contribution < -0.4 is 26.0 Å². The topological polar surface area (TPSA) is 140 Å². The molecule has 2 fully saturated rings. The summed E-state index contributed by atoms with van der Waals surface area (Å²) in [4.78, 5) is 40.4. The maximum atomic E-state index is 12.6. The van der Waals surface area contributed by atoms with Crippen molar-refractivity contribution in [1.82, 2.24) is 26.3 Å². The van der Waals surface area contributed by atoms with Gasteiger partial charge in [-0.2, -0.15) is 11.8 Å². The van der Waals surface area contributed by atoms with E-state index in [1.54, 1.807) is 6.08 Å². The molecule has 0 radical (unpaired) electrons. The van der Waals surface area contributed by atoms with Crippen LogP contribution in [0.2, 0.25) is 0 Å². The van der Waals surface area contributed by atoms with E-state index in [-0.39, 0.29) is 36.0 Å². The molecule has 2 aromatic rings. The van der Waals surface area contributed by atoms with Crippen LogP contribution in [0.5, 0.6) is 5.75 Å². The second kappa shape index (κ2) is 20.3. The maximum absolute atomic E-state index is 12.6. The van der Waals surface area contributed by atoms with Crippen LogP contribution in [0.3, 0.4) is 0 Å². The zero-order valence-electron chi connectivity index (χ0n) is 26.9. The van der Waals surface area contributed by atoms with Crippen LogP contribution in [0.25, 0.3) is 6.08 Å². The van der Waals surface area contributed by atoms with E-state index >= 15 is 0 Å². The molecule has 4 amide bonds. The number of carbonyl (C=O) groups is 3. The highest BCUT2D eigenvalue weighted by molar-refractivity contribution is 9.10. The Kier molecular flexibility index (Phi) is 15.8. The molecule has 11 nitrogen and oxygen atoms in total. The number of nitrogens with one attached hydrogen (secondary N) is 4. The van der Waals surface area contributed by atoms with Gasteiger partial charge in [0.25, 0.3) is 0 Å². The number of ether oxygens (including phenoxy) is 3. The Morgan fingerprint density at radius 3 is 2.64 bits per heavy atom. The predicted molar refractivity (Wildman–Crippen MR) is 187 cm³/mol. The smallest absolute Gasteiger partial charge is 0.315 e. The fourth-order valence-corrected chi connectivity index (χ4v) is 7.37. The lowest BCUT2D eigenvalue weighted by molar-refractivity contribution is -0.121. The number of benzene rings is 1. The van der Waals surface area contributed by atoms with Gasteiger partial charge in [0.1, 0.15) is 17.0 Å². The Balaban J connectivity index is 0.987. The van der Waals surface area contributed by atoms with Crippen molar-refractivity contribution in [3.8, 4) is 5.75 Å². The first kappa shape index (κ1) is 36.7. The Bertz CT molecular complexity index is 1320. The van der Waals surface area contributed by atoms with E-state index < -0.39 is 0 Å². The van der Waals surface area contributed by atoms with Crippen molar-refractivity contribution in [2.75, 3.05) is 45.3 Å². The van der Waals surface area contributed by atoms with Crippen molar-refractivity contribution in [3.63, 3.8) is 0 Å². The third-order valence-corrected chi connectivity index (χ3v) is 9.79. The van der Waals surface area contributed by atoms with Gasteiger partial charge in [-0.05, 0) is 71.1 Å². The number of thioether (sulfide) groups is 1. The number of urea groups is 1. The molecule has 3 heterocycles. The summed E-state index contributed by atoms with van der Waals surface area (Å²) < 4.78 is 17.7. The van der Waals surface area contributed by atoms with Gasteiger partial charge in [0.05, 0.1) is 50.2 Å². The maximum Gasteiger partial charge on any atom is 0.315 e. The van der Waals surface area contributed by atoms with Gasteiger partial charge in [0.15, 0.2) is 0 Å². The van der Waals surface area contributed by atoms with Crippen molar-refractivity contribution < 1.29 is 28.6 Å². The Labute approximate surface area is 289 Å². The molecule has 1 aromatic carbocycles. The predicted octanol–water partition coefficient (Wildman–Crippen LogP) is 4.77. The highest BCUT2D eigenvalue weighted by atomic mass is 79.9. The first-order valence-corrected chi connectivity index (χ1v) is 18.2. The molecule has 47 heavy (non-hydrogen) atoms. The highest BCUT2D eigenvalue weighted by Gasteiger charge is 2.42. The number of halogens is 1. The summed E-state index contributed by atoms with van der Waals surface area (Å²) in [5, 5.41) is 12.4. The Morgan fingerprint density at radius 2 is 1.85 bits per heavy atom. The summed E-state index contributed by atoms with van der Waals surface area (Å²) in [7, 11) is 0. The summed E-state index contributed by atoms with van der Waals surface area (Å²) in [6.07, 6.45) is 8.26. The minimum atomic E-state index is -0.171. The van der Waals surface area contributed by atoms with E-state index in [0.29, 0.717) is 56.9 Å². The standard InChI is InChI=1S/C34H46BrN5O6S/c1-2-6-27(38-32(42)16-13-25-7-5-9-30(35)37-25)24-11-14-26(15-12-24)46-22-21-45-20-19-44-18-17-36-31(41)10-4-3-8-29-33-28(23-47-29)39-34(43)40-33/h5,7,9,11-16,27-29,33H,2-4,6,8,10,17-23H2,1H3,(H,36,41)(H,38,42)(H2,39,40,43). The molecular weight excluding hydrogens is 686 g/mol. The van der Waals surface area contributed by atoms with Crippen LogP contribution in [0.1, 0.15) is 62.7 Å². The highest BCUT2D eigenvalue weighted by Crippen LogP contribution is 2.33. The van der Waals surface area contributed by atoms with Crippen molar-refractivity contribution in [3.05, 3.63) is 64.4 Å². The lowest BCUT2D eigenvalue weighted by Gasteiger charge is -2.18. The lowest BCUT2D eigenvalue weighted by atomic mass is 10.0. The monoisotopic (exact) mass is 731 g/mol. The van der Waals surface area contributed by atoms with Crippen molar-refractivity contribution in [2.24, 2.45) is 0 Å². The molecule has 0 aliphatic carbocycles. The average Bonchev–Trinajstić information content (AvgIpc) is 3.62. The van der Waals surface area contributed by atoms with E-state index in [4.69, 9.17) is 14.2 Å². The normalized spacial score (nSPS) is 19.2. The van der Waals surface area contributed by atoms with Gasteiger partial charge in [-0.25, -0.2) is 9.78 Å². The molecule has 4 unspecified atom stereocenters. The average molecular weight is 733 g/mol. The second-order valence-corrected chi connectivity index (χ2v) is 13.5. The zero-order chi connectivity index (χ0) is 33.3. The van der Waals surface area contributed by atoms with Gasteiger partial charge in [-0.15, -0.1) is 0 Å². The minimum Gasteiger partial charge on any atom is -0.491 e. The first-order valence-electron chi connectivity index (χ1n) is 16.4. The fraction of sp³-hybridized carbons (Fsp3) is 0.529. The molecule has 0 saturated carbocycles. The van der Waals surface area contributed by atoms with E-state index in [0.717, 1.165) is 53.8 Å². The third-order valence-electron chi connectivity index (χ3n) is 7.84. The zero-order valence-corrected chi connectivity index (χ0v) is 29.3. The molecule has 4 atom stereocenters. The van der Waals surface area contributed by atoms with Gasteiger partial charge in [0, 0.05) is 30.0 Å². The van der Waals surface area contributed by atoms with Crippen LogP contribution in [0.4, 0.5) is 4.79 Å². The molecule has 256 valence electrons. The number of pyridine rings is 1. The molecule has 4 rings (SSSR count). The summed E-state index contributed by atoms with van der Waals surface area (Å²) in [6.45, 7) is 4.72. The number of unbranched alkanes of at least 4 members (excludes halogenated alkanes) is 1. The molecule has 1 aromatic heterocycles. The molecular formula is C34H46BrN5O6S. The van der Waals surface area contributed by atoms with E-state index in [1.165, 1.54) is 6.08 Å². The number of carbonyl (C=O) groups excluding carboxylic acids is 3. The molecule has 2 saturated heterocycles. The number of rotatable bonds is 21. The van der Waals surface area contributed by atoms with Crippen molar-refractivity contribution in [1.29, 1.82) is 0 Å². The van der Waals surface area contributed by atoms with Gasteiger partial charge >= 0.3 is 6.03 Å². The summed E-state index contributed by atoms with van der Waals surface area (Å²) in [5.74, 6) is 1.56. The fourth-order valence-electron chi connectivity index (χ4n) is 5.47. The van der Waals surface area contributed by atoms with Gasteiger partial charge in [-0.1, -0.05) is 38.0 Å². The number of hydrogen-bond acceptors (Lipinski definition) is 8. The third kappa shape index (κ3) is 13.1. The molecule has 0 spiro atoms. The number of hydrogen-bond donors (Lipinski definition) is 4.